The number of hydrogen-bond donors (Lipinski definition) is 1. The van der Waals surface area contributed by atoms with Crippen molar-refractivity contribution in [2.75, 3.05) is 6.54 Å². The van der Waals surface area contributed by atoms with Gasteiger partial charge in [0.25, 0.3) is 0 Å². The summed E-state index contributed by atoms with van der Waals surface area (Å²) in [7, 11) is -3.34. The summed E-state index contributed by atoms with van der Waals surface area (Å²) in [5.41, 5.74) is 1.04. The third-order valence-corrected chi connectivity index (χ3v) is 4.12. The molecule has 0 aliphatic carbocycles. The number of benzene rings is 1. The lowest BCUT2D eigenvalue weighted by molar-refractivity contribution is 0.578. The van der Waals surface area contributed by atoms with Crippen molar-refractivity contribution < 1.29 is 8.42 Å². The van der Waals surface area contributed by atoms with E-state index in [-0.39, 0.29) is 0 Å². The molecule has 0 heterocycles. The minimum atomic E-state index is -3.34. The second-order valence-corrected chi connectivity index (χ2v) is 6.25. The van der Waals surface area contributed by atoms with Crippen LogP contribution >= 0.6 is 0 Å². The molecule has 1 N–H and O–H groups in total. The van der Waals surface area contributed by atoms with Crippen molar-refractivity contribution in [3.8, 4) is 0 Å². The van der Waals surface area contributed by atoms with Crippen molar-refractivity contribution in [1.29, 1.82) is 0 Å². The zero-order valence-corrected chi connectivity index (χ0v) is 11.5. The van der Waals surface area contributed by atoms with E-state index >= 15 is 0 Å². The molecule has 1 rings (SSSR count). The van der Waals surface area contributed by atoms with E-state index in [4.69, 9.17) is 0 Å². The Morgan fingerprint density at radius 1 is 1.29 bits per heavy atom. The highest BCUT2D eigenvalue weighted by atomic mass is 32.2. The van der Waals surface area contributed by atoms with E-state index in [9.17, 15) is 8.42 Å². The highest BCUT2D eigenvalue weighted by molar-refractivity contribution is 7.89. The van der Waals surface area contributed by atoms with E-state index in [2.05, 4.69) is 18.6 Å². The molecule has 0 spiro atoms. The Balaban J connectivity index is 2.87. The molecular formula is C13H21NO2S. The van der Waals surface area contributed by atoms with Gasteiger partial charge in [-0.15, -0.1) is 0 Å². The summed E-state index contributed by atoms with van der Waals surface area (Å²) in [5.74, 6) is 0.334. The largest absolute Gasteiger partial charge is 0.240 e. The molecule has 0 unspecified atom stereocenters. The van der Waals surface area contributed by atoms with Crippen LogP contribution in [0.25, 0.3) is 0 Å². The van der Waals surface area contributed by atoms with E-state index in [1.54, 1.807) is 18.2 Å². The van der Waals surface area contributed by atoms with Crippen LogP contribution in [0, 0.1) is 0 Å². The Morgan fingerprint density at radius 2 is 2.00 bits per heavy atom. The van der Waals surface area contributed by atoms with Gasteiger partial charge in [-0.05, 0) is 30.0 Å². The van der Waals surface area contributed by atoms with Gasteiger partial charge < -0.3 is 0 Å². The smallest absolute Gasteiger partial charge is 0.211 e. The first-order valence-electron chi connectivity index (χ1n) is 6.07. The molecule has 0 atom stereocenters. The summed E-state index contributed by atoms with van der Waals surface area (Å²) >= 11 is 0. The molecule has 0 saturated carbocycles. The van der Waals surface area contributed by atoms with E-state index in [0.29, 0.717) is 17.4 Å². The molecule has 1 aromatic rings. The van der Waals surface area contributed by atoms with Crippen LogP contribution in [0.5, 0.6) is 0 Å². The summed E-state index contributed by atoms with van der Waals surface area (Å²) in [6.45, 7) is 6.64. The van der Waals surface area contributed by atoms with Crippen molar-refractivity contribution in [2.45, 2.75) is 44.4 Å². The fraction of sp³-hybridized carbons (Fsp3) is 0.538. The van der Waals surface area contributed by atoms with Gasteiger partial charge in [-0.2, -0.15) is 0 Å². The van der Waals surface area contributed by atoms with Crippen LogP contribution in [0.3, 0.4) is 0 Å². The van der Waals surface area contributed by atoms with Gasteiger partial charge in [-0.3, -0.25) is 0 Å². The van der Waals surface area contributed by atoms with Crippen LogP contribution in [0.2, 0.25) is 0 Å². The number of nitrogens with one attached hydrogen (secondary N) is 1. The monoisotopic (exact) mass is 255 g/mol. The Hall–Kier alpha value is -0.870. The van der Waals surface area contributed by atoms with Gasteiger partial charge in [0.15, 0.2) is 0 Å². The molecule has 0 aliphatic heterocycles. The number of sulfonamides is 1. The molecule has 0 amide bonds. The standard InChI is InChI=1S/C13H21NO2S/c1-4-5-9-14-17(15,16)13-8-6-7-12(10-13)11(2)3/h6-8,10-11,14H,4-5,9H2,1-3H3. The first-order valence-corrected chi connectivity index (χ1v) is 7.55. The first-order chi connectivity index (χ1) is 7.97. The second kappa shape index (κ2) is 6.17. The Labute approximate surface area is 104 Å². The number of rotatable bonds is 6. The van der Waals surface area contributed by atoms with Crippen LogP contribution in [0.15, 0.2) is 29.2 Å². The topological polar surface area (TPSA) is 46.2 Å². The minimum Gasteiger partial charge on any atom is -0.211 e. The molecule has 1 aromatic carbocycles. The third kappa shape index (κ3) is 4.13. The normalized spacial score (nSPS) is 12.0. The number of hydrogen-bond acceptors (Lipinski definition) is 2. The minimum absolute atomic E-state index is 0.334. The maximum Gasteiger partial charge on any atom is 0.240 e. The van der Waals surface area contributed by atoms with E-state index in [1.165, 1.54) is 0 Å². The predicted molar refractivity (Wildman–Crippen MR) is 70.6 cm³/mol. The van der Waals surface area contributed by atoms with Crippen LogP contribution in [-0.4, -0.2) is 15.0 Å². The van der Waals surface area contributed by atoms with Crippen molar-refractivity contribution in [2.24, 2.45) is 0 Å². The highest BCUT2D eigenvalue weighted by Crippen LogP contribution is 2.18. The van der Waals surface area contributed by atoms with Crippen LogP contribution in [0.4, 0.5) is 0 Å². The van der Waals surface area contributed by atoms with Crippen molar-refractivity contribution in [3.05, 3.63) is 29.8 Å². The summed E-state index contributed by atoms with van der Waals surface area (Å²) < 4.78 is 26.6. The van der Waals surface area contributed by atoms with Gasteiger partial charge in [0.1, 0.15) is 0 Å². The average Bonchev–Trinajstić information content (AvgIpc) is 2.29. The molecule has 0 aromatic heterocycles. The van der Waals surface area contributed by atoms with E-state index in [1.807, 2.05) is 13.0 Å². The van der Waals surface area contributed by atoms with Gasteiger partial charge >= 0.3 is 0 Å². The molecule has 4 heteroatoms. The number of unbranched alkanes of at least 4 members (excludes halogenated alkanes) is 1. The van der Waals surface area contributed by atoms with Gasteiger partial charge in [-0.1, -0.05) is 39.3 Å². The fourth-order valence-corrected chi connectivity index (χ4v) is 2.64. The Bertz CT molecular complexity index is 452. The summed E-state index contributed by atoms with van der Waals surface area (Å²) in [6.07, 6.45) is 1.84. The highest BCUT2D eigenvalue weighted by Gasteiger charge is 2.13. The summed E-state index contributed by atoms with van der Waals surface area (Å²) in [4.78, 5) is 0.361. The van der Waals surface area contributed by atoms with E-state index < -0.39 is 10.0 Å². The summed E-state index contributed by atoms with van der Waals surface area (Å²) in [5, 5.41) is 0. The Kier molecular flexibility index (Phi) is 5.15. The maximum absolute atomic E-state index is 12.0. The quantitative estimate of drug-likeness (QED) is 0.794. The average molecular weight is 255 g/mol. The fourth-order valence-electron chi connectivity index (χ4n) is 1.51. The lowest BCUT2D eigenvalue weighted by Gasteiger charge is -2.09. The third-order valence-electron chi connectivity index (χ3n) is 2.66. The Morgan fingerprint density at radius 3 is 2.59 bits per heavy atom. The summed E-state index contributed by atoms with van der Waals surface area (Å²) in [6, 6.07) is 7.14. The molecule has 0 bridgehead atoms. The molecule has 3 nitrogen and oxygen atoms in total. The zero-order valence-electron chi connectivity index (χ0n) is 10.7. The predicted octanol–water partition coefficient (Wildman–Crippen LogP) is 2.89. The lowest BCUT2D eigenvalue weighted by Crippen LogP contribution is -2.24. The first kappa shape index (κ1) is 14.2. The molecule has 17 heavy (non-hydrogen) atoms. The molecule has 0 fully saturated rings. The molecule has 0 saturated heterocycles. The van der Waals surface area contributed by atoms with Gasteiger partial charge in [0.05, 0.1) is 4.90 Å². The maximum atomic E-state index is 12.0. The van der Waals surface area contributed by atoms with Crippen molar-refractivity contribution >= 4 is 10.0 Å². The van der Waals surface area contributed by atoms with Gasteiger partial charge in [0.2, 0.25) is 10.0 Å². The molecule has 0 radical (unpaired) electrons. The van der Waals surface area contributed by atoms with Crippen molar-refractivity contribution in [1.82, 2.24) is 4.72 Å². The van der Waals surface area contributed by atoms with E-state index in [0.717, 1.165) is 18.4 Å². The van der Waals surface area contributed by atoms with Crippen LogP contribution in [-0.2, 0) is 10.0 Å². The van der Waals surface area contributed by atoms with Crippen LogP contribution < -0.4 is 4.72 Å². The van der Waals surface area contributed by atoms with Gasteiger partial charge in [0, 0.05) is 6.54 Å². The SMILES string of the molecule is CCCCNS(=O)(=O)c1cccc(C(C)C)c1. The van der Waals surface area contributed by atoms with Crippen molar-refractivity contribution in [3.63, 3.8) is 0 Å². The van der Waals surface area contributed by atoms with Crippen LogP contribution in [0.1, 0.15) is 45.1 Å². The van der Waals surface area contributed by atoms with Gasteiger partial charge in [-0.25, -0.2) is 13.1 Å². The second-order valence-electron chi connectivity index (χ2n) is 4.48. The zero-order chi connectivity index (χ0) is 12.9. The molecular weight excluding hydrogens is 234 g/mol. The molecule has 96 valence electrons. The molecule has 0 aliphatic rings. The lowest BCUT2D eigenvalue weighted by atomic mass is 10.0.